The van der Waals surface area contributed by atoms with Gasteiger partial charge < -0.3 is 19.1 Å². The number of halogens is 1. The van der Waals surface area contributed by atoms with E-state index < -0.39 is 6.04 Å². The molecule has 1 aliphatic heterocycles. The monoisotopic (exact) mass is 507 g/mol. The van der Waals surface area contributed by atoms with Crippen molar-refractivity contribution in [3.05, 3.63) is 81.9 Å². The van der Waals surface area contributed by atoms with Crippen molar-refractivity contribution in [2.24, 2.45) is 0 Å². The van der Waals surface area contributed by atoms with E-state index in [-0.39, 0.29) is 24.5 Å². The maximum Gasteiger partial charge on any atom is 0.232 e. The van der Waals surface area contributed by atoms with Crippen LogP contribution in [0.15, 0.2) is 54.6 Å². The molecule has 0 N–H and O–H groups in total. The number of methoxy groups -OCH3 is 1. The van der Waals surface area contributed by atoms with Gasteiger partial charge in [-0.05, 0) is 91.6 Å². The lowest BCUT2D eigenvalue weighted by atomic mass is 9.84. The number of ketones is 1. The minimum atomic E-state index is -0.490. The zero-order valence-corrected chi connectivity index (χ0v) is 21.7. The van der Waals surface area contributed by atoms with Crippen LogP contribution in [0.1, 0.15) is 49.1 Å². The van der Waals surface area contributed by atoms with Crippen LogP contribution in [0, 0.1) is 0 Å². The Morgan fingerprint density at radius 3 is 2.25 bits per heavy atom. The number of rotatable bonds is 9. The molecule has 7 heteroatoms. The van der Waals surface area contributed by atoms with Crippen LogP contribution < -0.4 is 19.1 Å². The van der Waals surface area contributed by atoms with E-state index in [4.69, 9.17) is 25.8 Å². The molecule has 0 fully saturated rings. The molecular formula is C29H30ClNO5. The van der Waals surface area contributed by atoms with Crippen molar-refractivity contribution in [3.8, 4) is 17.2 Å². The molecule has 0 bridgehead atoms. The highest BCUT2D eigenvalue weighted by molar-refractivity contribution is 6.30. The van der Waals surface area contributed by atoms with Gasteiger partial charge in [-0.1, -0.05) is 17.7 Å². The molecule has 0 aromatic heterocycles. The van der Waals surface area contributed by atoms with Crippen LogP contribution >= 0.6 is 11.6 Å². The van der Waals surface area contributed by atoms with Crippen molar-refractivity contribution in [2.75, 3.05) is 25.2 Å². The maximum absolute atomic E-state index is 13.7. The molecule has 1 heterocycles. The molecule has 1 aliphatic rings. The third kappa shape index (κ3) is 5.19. The molecule has 6 nitrogen and oxygen atoms in total. The van der Waals surface area contributed by atoms with Gasteiger partial charge in [0.25, 0.3) is 0 Å². The van der Waals surface area contributed by atoms with Crippen LogP contribution in [0.5, 0.6) is 17.2 Å². The molecule has 3 aromatic carbocycles. The first-order valence-electron chi connectivity index (χ1n) is 12.0. The molecule has 1 atom stereocenters. The van der Waals surface area contributed by atoms with E-state index >= 15 is 0 Å². The van der Waals surface area contributed by atoms with Crippen LogP contribution in [0.3, 0.4) is 0 Å². The Bertz CT molecular complexity index is 1270. The van der Waals surface area contributed by atoms with Crippen molar-refractivity contribution in [3.63, 3.8) is 0 Å². The molecule has 0 radical (unpaired) electrons. The van der Waals surface area contributed by atoms with Gasteiger partial charge in [0.1, 0.15) is 11.5 Å². The van der Waals surface area contributed by atoms with Crippen LogP contribution in [-0.2, 0) is 22.4 Å². The van der Waals surface area contributed by atoms with Crippen LogP contribution in [-0.4, -0.2) is 32.0 Å². The molecule has 36 heavy (non-hydrogen) atoms. The molecule has 4 rings (SSSR count). The molecule has 1 unspecified atom stereocenters. The largest absolute Gasteiger partial charge is 0.497 e. The molecule has 188 valence electrons. The summed E-state index contributed by atoms with van der Waals surface area (Å²) in [7, 11) is 1.60. The number of hydrogen-bond donors (Lipinski definition) is 0. The average molecular weight is 508 g/mol. The van der Waals surface area contributed by atoms with Gasteiger partial charge in [-0.3, -0.25) is 9.59 Å². The fourth-order valence-corrected chi connectivity index (χ4v) is 4.89. The van der Waals surface area contributed by atoms with E-state index in [0.29, 0.717) is 35.5 Å². The van der Waals surface area contributed by atoms with E-state index in [2.05, 4.69) is 0 Å². The van der Waals surface area contributed by atoms with E-state index in [1.165, 1.54) is 0 Å². The molecule has 0 spiro atoms. The Labute approximate surface area is 216 Å². The highest BCUT2D eigenvalue weighted by atomic mass is 35.5. The molecule has 0 aliphatic carbocycles. The van der Waals surface area contributed by atoms with Crippen LogP contribution in [0.4, 0.5) is 5.69 Å². The summed E-state index contributed by atoms with van der Waals surface area (Å²) in [5.41, 5.74) is 4.14. The zero-order valence-electron chi connectivity index (χ0n) is 21.0. The standard InChI is InChI=1S/C29H30ClNO5/c1-5-35-26-15-20-16-28(33)31(22-8-10-23(34-4)11-9-22)29(25(20)17-27(26)36-6-2)24-12-7-21(30)14-19(24)13-18(3)32/h7-12,14-15,17,29H,5-6,13,16H2,1-4H3. The summed E-state index contributed by atoms with van der Waals surface area (Å²) in [5.74, 6) is 1.88. The van der Waals surface area contributed by atoms with E-state index in [0.717, 1.165) is 27.9 Å². The van der Waals surface area contributed by atoms with Crippen molar-refractivity contribution >= 4 is 29.0 Å². The summed E-state index contributed by atoms with van der Waals surface area (Å²) in [6.07, 6.45) is 0.418. The van der Waals surface area contributed by atoms with Crippen molar-refractivity contribution < 1.29 is 23.8 Å². The number of fused-ring (bicyclic) bond motifs is 1. The van der Waals surface area contributed by atoms with Gasteiger partial charge in [0.15, 0.2) is 11.5 Å². The first kappa shape index (κ1) is 25.6. The second kappa shape index (κ2) is 11.0. The second-order valence-corrected chi connectivity index (χ2v) is 9.06. The first-order valence-corrected chi connectivity index (χ1v) is 12.4. The second-order valence-electron chi connectivity index (χ2n) is 8.63. The number of carbonyl (C=O) groups excluding carboxylic acids is 2. The Hall–Kier alpha value is -3.51. The third-order valence-electron chi connectivity index (χ3n) is 6.16. The van der Waals surface area contributed by atoms with Gasteiger partial charge in [-0.25, -0.2) is 0 Å². The van der Waals surface area contributed by atoms with Crippen molar-refractivity contribution in [1.82, 2.24) is 0 Å². The Kier molecular flexibility index (Phi) is 7.85. The minimum Gasteiger partial charge on any atom is -0.497 e. The van der Waals surface area contributed by atoms with Gasteiger partial charge >= 0.3 is 0 Å². The number of hydrogen-bond acceptors (Lipinski definition) is 5. The summed E-state index contributed by atoms with van der Waals surface area (Å²) in [6, 6.07) is 16.3. The SMILES string of the molecule is CCOc1cc2c(cc1OCC)C(c1ccc(Cl)cc1CC(C)=O)N(c1ccc(OC)cc1)C(=O)C2. The average Bonchev–Trinajstić information content (AvgIpc) is 2.84. The van der Waals surface area contributed by atoms with Gasteiger partial charge in [-0.2, -0.15) is 0 Å². The minimum absolute atomic E-state index is 0.0126. The highest BCUT2D eigenvalue weighted by Gasteiger charge is 2.37. The van der Waals surface area contributed by atoms with Crippen LogP contribution in [0.25, 0.3) is 0 Å². The van der Waals surface area contributed by atoms with E-state index in [1.807, 2.05) is 56.3 Å². The lowest BCUT2D eigenvalue weighted by Crippen LogP contribution is -2.41. The Morgan fingerprint density at radius 1 is 0.972 bits per heavy atom. The van der Waals surface area contributed by atoms with Gasteiger partial charge in [0.05, 0.1) is 32.8 Å². The van der Waals surface area contributed by atoms with Gasteiger partial charge in [0.2, 0.25) is 5.91 Å². The Balaban J connectivity index is 1.97. The van der Waals surface area contributed by atoms with Gasteiger partial charge in [0, 0.05) is 17.1 Å². The van der Waals surface area contributed by atoms with Crippen molar-refractivity contribution in [2.45, 2.75) is 39.7 Å². The number of amides is 1. The predicted octanol–water partition coefficient (Wildman–Crippen LogP) is 5.96. The number of anilines is 1. The smallest absolute Gasteiger partial charge is 0.232 e. The first-order chi connectivity index (χ1) is 17.4. The van der Waals surface area contributed by atoms with Crippen molar-refractivity contribution in [1.29, 1.82) is 0 Å². The zero-order chi connectivity index (χ0) is 25.8. The maximum atomic E-state index is 13.7. The van der Waals surface area contributed by atoms with E-state index in [9.17, 15) is 9.59 Å². The summed E-state index contributed by atoms with van der Waals surface area (Å²) in [6.45, 7) is 6.34. The summed E-state index contributed by atoms with van der Waals surface area (Å²) in [5, 5.41) is 0.537. The number of benzene rings is 3. The summed E-state index contributed by atoms with van der Waals surface area (Å²) < 4.78 is 17.1. The normalized spacial score (nSPS) is 14.9. The lowest BCUT2D eigenvalue weighted by molar-refractivity contribution is -0.118. The predicted molar refractivity (Wildman–Crippen MR) is 141 cm³/mol. The molecular weight excluding hydrogens is 478 g/mol. The number of Topliss-reactive ketones (excluding diaryl/α,β-unsaturated/α-hetero) is 1. The Morgan fingerprint density at radius 2 is 1.64 bits per heavy atom. The topological polar surface area (TPSA) is 65.1 Å². The van der Waals surface area contributed by atoms with Crippen LogP contribution in [0.2, 0.25) is 5.02 Å². The molecule has 0 saturated heterocycles. The van der Waals surface area contributed by atoms with Gasteiger partial charge in [-0.15, -0.1) is 0 Å². The fraction of sp³-hybridized carbons (Fsp3) is 0.310. The molecule has 1 amide bonds. The number of ether oxygens (including phenoxy) is 3. The van der Waals surface area contributed by atoms with E-state index in [1.54, 1.807) is 31.1 Å². The summed E-state index contributed by atoms with van der Waals surface area (Å²) in [4.78, 5) is 27.7. The molecule has 0 saturated carbocycles. The highest BCUT2D eigenvalue weighted by Crippen LogP contribution is 2.45. The summed E-state index contributed by atoms with van der Waals surface area (Å²) >= 11 is 6.33. The fourth-order valence-electron chi connectivity index (χ4n) is 4.70. The quantitative estimate of drug-likeness (QED) is 0.358. The third-order valence-corrected chi connectivity index (χ3v) is 6.39. The number of carbonyl (C=O) groups is 2. The lowest BCUT2D eigenvalue weighted by Gasteiger charge is -2.39. The number of nitrogens with zero attached hydrogens (tertiary/aromatic N) is 1. The molecule has 3 aromatic rings.